The lowest BCUT2D eigenvalue weighted by atomic mass is 9.84. The van der Waals surface area contributed by atoms with Crippen molar-refractivity contribution >= 4 is 23.2 Å². The molecule has 4 rings (SSSR count). The van der Waals surface area contributed by atoms with Gasteiger partial charge in [-0.25, -0.2) is 0 Å². The summed E-state index contributed by atoms with van der Waals surface area (Å²) < 4.78 is 0. The minimum Gasteiger partial charge on any atom is -0.385 e. The molecule has 1 aromatic heterocycles. The molecule has 0 spiro atoms. The van der Waals surface area contributed by atoms with Gasteiger partial charge in [0.1, 0.15) is 0 Å². The van der Waals surface area contributed by atoms with E-state index in [2.05, 4.69) is 15.2 Å². The standard InChI is InChI=1S/C18H18ClN3O2/c19-13-3-1-12(2-4-13)18(24)6-9-22(10-7-18)15-5-8-20-14-11-21-17(23)16(14)15/h1-5,8,24H,6-7,9-11H2,(H,21,23). The van der Waals surface area contributed by atoms with E-state index in [1.54, 1.807) is 18.3 Å². The van der Waals surface area contributed by atoms with E-state index in [0.717, 1.165) is 16.9 Å². The van der Waals surface area contributed by atoms with Crippen LogP contribution in [-0.2, 0) is 12.1 Å². The zero-order chi connectivity index (χ0) is 16.7. The Hall–Kier alpha value is -2.11. The Kier molecular flexibility index (Phi) is 3.70. The van der Waals surface area contributed by atoms with E-state index in [1.807, 2.05) is 18.2 Å². The number of piperidine rings is 1. The molecular formula is C18H18ClN3O2. The van der Waals surface area contributed by atoms with E-state index in [0.29, 0.717) is 43.1 Å². The smallest absolute Gasteiger partial charge is 0.255 e. The molecule has 2 N–H and O–H groups in total. The molecule has 124 valence electrons. The van der Waals surface area contributed by atoms with Crippen LogP contribution in [0.3, 0.4) is 0 Å². The summed E-state index contributed by atoms with van der Waals surface area (Å²) in [5, 5.41) is 14.5. The normalized spacial score (nSPS) is 19.1. The first-order valence-corrected chi connectivity index (χ1v) is 8.44. The van der Waals surface area contributed by atoms with Gasteiger partial charge >= 0.3 is 0 Å². The lowest BCUT2D eigenvalue weighted by molar-refractivity contribution is 0.0118. The average molecular weight is 344 g/mol. The number of amides is 1. The minimum atomic E-state index is -0.848. The van der Waals surface area contributed by atoms with Gasteiger partial charge in [-0.1, -0.05) is 23.7 Å². The SMILES string of the molecule is O=C1NCc2nccc(N3CCC(O)(c4ccc(Cl)cc4)CC3)c21. The van der Waals surface area contributed by atoms with Crippen LogP contribution in [0.25, 0.3) is 0 Å². The molecule has 0 unspecified atom stereocenters. The third-order valence-electron chi connectivity index (χ3n) is 4.96. The van der Waals surface area contributed by atoms with Crippen molar-refractivity contribution in [2.75, 3.05) is 18.0 Å². The number of hydrogen-bond donors (Lipinski definition) is 2. The van der Waals surface area contributed by atoms with E-state index < -0.39 is 5.60 Å². The van der Waals surface area contributed by atoms with Gasteiger partial charge in [-0.05, 0) is 36.6 Å². The van der Waals surface area contributed by atoms with E-state index in [1.165, 1.54) is 0 Å². The highest BCUT2D eigenvalue weighted by Crippen LogP contribution is 2.36. The zero-order valence-corrected chi connectivity index (χ0v) is 13.9. The van der Waals surface area contributed by atoms with Crippen LogP contribution in [0.2, 0.25) is 5.02 Å². The molecule has 1 fully saturated rings. The third-order valence-corrected chi connectivity index (χ3v) is 5.22. The number of aliphatic hydroxyl groups is 1. The molecule has 0 bridgehead atoms. The molecule has 1 saturated heterocycles. The molecule has 0 aliphatic carbocycles. The van der Waals surface area contributed by atoms with Crippen LogP contribution in [0.5, 0.6) is 0 Å². The second kappa shape index (κ2) is 5.76. The Morgan fingerprint density at radius 2 is 1.88 bits per heavy atom. The maximum absolute atomic E-state index is 12.1. The van der Waals surface area contributed by atoms with Crippen LogP contribution in [0.4, 0.5) is 5.69 Å². The summed E-state index contributed by atoms with van der Waals surface area (Å²) in [5.41, 5.74) is 2.43. The largest absolute Gasteiger partial charge is 0.385 e. The maximum atomic E-state index is 12.1. The van der Waals surface area contributed by atoms with Gasteiger partial charge < -0.3 is 15.3 Å². The van der Waals surface area contributed by atoms with Gasteiger partial charge in [0.05, 0.1) is 29.1 Å². The predicted octanol–water partition coefficient (Wildman–Crippen LogP) is 2.47. The molecule has 2 aromatic rings. The van der Waals surface area contributed by atoms with Crippen LogP contribution in [0.1, 0.15) is 34.5 Å². The summed E-state index contributed by atoms with van der Waals surface area (Å²) >= 11 is 5.93. The Balaban J connectivity index is 1.56. The Bertz CT molecular complexity index is 783. The number of carbonyl (C=O) groups is 1. The van der Waals surface area contributed by atoms with E-state index in [9.17, 15) is 9.90 Å². The van der Waals surface area contributed by atoms with E-state index in [-0.39, 0.29) is 5.91 Å². The van der Waals surface area contributed by atoms with Gasteiger partial charge in [-0.3, -0.25) is 9.78 Å². The number of nitrogens with zero attached hydrogens (tertiary/aromatic N) is 2. The first kappa shape index (κ1) is 15.4. The number of hydrogen-bond acceptors (Lipinski definition) is 4. The number of rotatable bonds is 2. The van der Waals surface area contributed by atoms with Crippen LogP contribution in [0, 0.1) is 0 Å². The van der Waals surface area contributed by atoms with Gasteiger partial charge in [0, 0.05) is 24.3 Å². The highest BCUT2D eigenvalue weighted by atomic mass is 35.5. The fraction of sp³-hybridized carbons (Fsp3) is 0.333. The molecule has 1 aromatic carbocycles. The number of nitrogens with one attached hydrogen (secondary N) is 1. The fourth-order valence-corrected chi connectivity index (χ4v) is 3.68. The minimum absolute atomic E-state index is 0.0633. The monoisotopic (exact) mass is 343 g/mol. The number of halogens is 1. The Morgan fingerprint density at radius 3 is 2.58 bits per heavy atom. The summed E-state index contributed by atoms with van der Waals surface area (Å²) in [6.07, 6.45) is 2.95. The van der Waals surface area contributed by atoms with Crippen molar-refractivity contribution < 1.29 is 9.90 Å². The van der Waals surface area contributed by atoms with Gasteiger partial charge in [0.15, 0.2) is 0 Å². The number of pyridine rings is 1. The third kappa shape index (κ3) is 2.54. The van der Waals surface area contributed by atoms with E-state index >= 15 is 0 Å². The van der Waals surface area contributed by atoms with Crippen molar-refractivity contribution in [1.82, 2.24) is 10.3 Å². The molecule has 0 radical (unpaired) electrons. The zero-order valence-electron chi connectivity index (χ0n) is 13.1. The van der Waals surface area contributed by atoms with Crippen LogP contribution < -0.4 is 10.2 Å². The highest BCUT2D eigenvalue weighted by Gasteiger charge is 2.36. The van der Waals surface area contributed by atoms with Crippen molar-refractivity contribution in [3.05, 3.63) is 58.4 Å². The second-order valence-electron chi connectivity index (χ2n) is 6.36. The van der Waals surface area contributed by atoms with Crippen molar-refractivity contribution in [3.63, 3.8) is 0 Å². The molecule has 2 aliphatic heterocycles. The molecule has 1 amide bonds. The molecular weight excluding hydrogens is 326 g/mol. The summed E-state index contributed by atoms with van der Waals surface area (Å²) in [6.45, 7) is 1.86. The van der Waals surface area contributed by atoms with Crippen molar-refractivity contribution in [3.8, 4) is 0 Å². The molecule has 0 atom stereocenters. The van der Waals surface area contributed by atoms with Crippen LogP contribution in [-0.4, -0.2) is 29.1 Å². The highest BCUT2D eigenvalue weighted by molar-refractivity contribution is 6.30. The number of carbonyl (C=O) groups excluding carboxylic acids is 1. The van der Waals surface area contributed by atoms with Crippen LogP contribution in [0.15, 0.2) is 36.5 Å². The topological polar surface area (TPSA) is 65.5 Å². The van der Waals surface area contributed by atoms with Crippen LogP contribution >= 0.6 is 11.6 Å². The lowest BCUT2D eigenvalue weighted by Crippen LogP contribution is -2.43. The van der Waals surface area contributed by atoms with Gasteiger partial charge in [-0.15, -0.1) is 0 Å². The van der Waals surface area contributed by atoms with Gasteiger partial charge in [-0.2, -0.15) is 0 Å². The summed E-state index contributed by atoms with van der Waals surface area (Å²) in [4.78, 5) is 18.5. The Morgan fingerprint density at radius 1 is 1.17 bits per heavy atom. The average Bonchev–Trinajstić information content (AvgIpc) is 2.98. The predicted molar refractivity (Wildman–Crippen MR) is 92.2 cm³/mol. The first-order chi connectivity index (χ1) is 11.6. The summed E-state index contributed by atoms with van der Waals surface area (Å²) in [7, 11) is 0. The molecule has 5 nitrogen and oxygen atoms in total. The number of fused-ring (bicyclic) bond motifs is 1. The molecule has 3 heterocycles. The van der Waals surface area contributed by atoms with Gasteiger partial charge in [0.2, 0.25) is 0 Å². The molecule has 0 saturated carbocycles. The molecule has 6 heteroatoms. The second-order valence-corrected chi connectivity index (χ2v) is 6.80. The van der Waals surface area contributed by atoms with Crippen molar-refractivity contribution in [2.45, 2.75) is 25.0 Å². The summed E-state index contributed by atoms with van der Waals surface area (Å²) in [5.74, 6) is -0.0633. The number of anilines is 1. The fourth-order valence-electron chi connectivity index (χ4n) is 3.56. The molecule has 2 aliphatic rings. The van der Waals surface area contributed by atoms with E-state index in [4.69, 9.17) is 11.6 Å². The summed E-state index contributed by atoms with van der Waals surface area (Å²) in [6, 6.07) is 9.27. The maximum Gasteiger partial charge on any atom is 0.255 e. The van der Waals surface area contributed by atoms with Gasteiger partial charge in [0.25, 0.3) is 5.91 Å². The quantitative estimate of drug-likeness (QED) is 0.879. The molecule has 24 heavy (non-hydrogen) atoms. The lowest BCUT2D eigenvalue weighted by Gasteiger charge is -2.40. The first-order valence-electron chi connectivity index (χ1n) is 8.06. The number of benzene rings is 1. The number of aromatic nitrogens is 1. The van der Waals surface area contributed by atoms with Crippen molar-refractivity contribution in [2.24, 2.45) is 0 Å². The van der Waals surface area contributed by atoms with Crippen molar-refractivity contribution in [1.29, 1.82) is 0 Å². The Labute approximate surface area is 145 Å².